The molecule has 2 N–H and O–H groups in total. The number of hydrogen-bond donors (Lipinski definition) is 2. The van der Waals surface area contributed by atoms with Crippen molar-refractivity contribution in [3.63, 3.8) is 0 Å². The van der Waals surface area contributed by atoms with Crippen molar-refractivity contribution < 1.29 is 4.79 Å². The number of nitrogens with one attached hydrogen (secondary N) is 2. The standard InChI is InChI=1S/C24H32N4O/c1-2-25-24(27-19-23(29)28-17-9-10-18-28)26-16-15-22(20-11-5-3-6-12-20)21-13-7-4-8-14-21/h3-8,11-14,22H,2,9-10,15-19H2,1H3,(H2,25,26,27). The van der Waals surface area contributed by atoms with Gasteiger partial charge in [0.25, 0.3) is 0 Å². The molecule has 1 aliphatic heterocycles. The van der Waals surface area contributed by atoms with Crippen LogP contribution in [0.2, 0.25) is 0 Å². The minimum absolute atomic E-state index is 0.117. The highest BCUT2D eigenvalue weighted by Crippen LogP contribution is 2.27. The number of carbonyl (C=O) groups excluding carboxylic acids is 1. The van der Waals surface area contributed by atoms with Crippen LogP contribution in [0.3, 0.4) is 0 Å². The van der Waals surface area contributed by atoms with E-state index in [1.165, 1.54) is 11.1 Å². The van der Waals surface area contributed by atoms with Crippen molar-refractivity contribution in [2.24, 2.45) is 4.99 Å². The van der Waals surface area contributed by atoms with Gasteiger partial charge < -0.3 is 15.5 Å². The van der Waals surface area contributed by atoms with E-state index in [0.29, 0.717) is 11.9 Å². The molecule has 2 aromatic rings. The van der Waals surface area contributed by atoms with Crippen molar-refractivity contribution in [1.82, 2.24) is 15.5 Å². The van der Waals surface area contributed by atoms with E-state index in [1.54, 1.807) is 0 Å². The lowest BCUT2D eigenvalue weighted by Crippen LogP contribution is -2.39. The molecule has 0 spiro atoms. The summed E-state index contributed by atoms with van der Waals surface area (Å²) in [6.45, 7) is 5.53. The molecule has 5 heteroatoms. The van der Waals surface area contributed by atoms with E-state index in [2.05, 4.69) is 76.3 Å². The monoisotopic (exact) mass is 392 g/mol. The topological polar surface area (TPSA) is 56.7 Å². The van der Waals surface area contributed by atoms with E-state index < -0.39 is 0 Å². The SMILES string of the molecule is CCNC(=NCC(=O)N1CCCC1)NCCC(c1ccccc1)c1ccccc1. The van der Waals surface area contributed by atoms with Crippen LogP contribution in [-0.4, -0.2) is 49.5 Å². The van der Waals surface area contributed by atoms with Crippen LogP contribution in [0.25, 0.3) is 0 Å². The van der Waals surface area contributed by atoms with Gasteiger partial charge >= 0.3 is 0 Å². The molecule has 0 unspecified atom stereocenters. The first-order valence-electron chi connectivity index (χ1n) is 10.7. The van der Waals surface area contributed by atoms with Gasteiger partial charge in [0.05, 0.1) is 0 Å². The minimum atomic E-state index is 0.117. The molecule has 0 atom stereocenters. The molecule has 1 aliphatic rings. The lowest BCUT2D eigenvalue weighted by molar-refractivity contribution is -0.128. The van der Waals surface area contributed by atoms with Crippen molar-refractivity contribution in [3.05, 3.63) is 71.8 Å². The molecule has 0 saturated carbocycles. The Hall–Kier alpha value is -2.82. The van der Waals surface area contributed by atoms with E-state index in [-0.39, 0.29) is 12.5 Å². The third-order valence-corrected chi connectivity index (χ3v) is 5.30. The number of rotatable bonds is 8. The van der Waals surface area contributed by atoms with Crippen molar-refractivity contribution >= 4 is 11.9 Å². The number of carbonyl (C=O) groups is 1. The first-order valence-corrected chi connectivity index (χ1v) is 10.7. The zero-order valence-corrected chi connectivity index (χ0v) is 17.3. The highest BCUT2D eigenvalue weighted by Gasteiger charge is 2.17. The maximum Gasteiger partial charge on any atom is 0.244 e. The van der Waals surface area contributed by atoms with Gasteiger partial charge in [0.2, 0.25) is 5.91 Å². The Labute approximate surface area is 174 Å². The van der Waals surface area contributed by atoms with Crippen molar-refractivity contribution in [2.75, 3.05) is 32.7 Å². The quantitative estimate of drug-likeness (QED) is 0.535. The summed E-state index contributed by atoms with van der Waals surface area (Å²) in [5.74, 6) is 1.14. The third-order valence-electron chi connectivity index (χ3n) is 5.30. The van der Waals surface area contributed by atoms with Crippen LogP contribution in [0.1, 0.15) is 43.2 Å². The van der Waals surface area contributed by atoms with Crippen LogP contribution in [0, 0.1) is 0 Å². The Morgan fingerprint density at radius 1 is 0.966 bits per heavy atom. The molecule has 2 aromatic carbocycles. The zero-order chi connectivity index (χ0) is 20.3. The van der Waals surface area contributed by atoms with Gasteiger partial charge in [0.1, 0.15) is 6.54 Å². The summed E-state index contributed by atoms with van der Waals surface area (Å²) >= 11 is 0. The number of guanidine groups is 1. The van der Waals surface area contributed by atoms with E-state index in [0.717, 1.165) is 45.4 Å². The number of hydrogen-bond acceptors (Lipinski definition) is 2. The van der Waals surface area contributed by atoms with Crippen LogP contribution in [0.4, 0.5) is 0 Å². The summed E-state index contributed by atoms with van der Waals surface area (Å²) in [6, 6.07) is 21.2. The highest BCUT2D eigenvalue weighted by molar-refractivity contribution is 5.85. The normalized spacial score (nSPS) is 14.3. The maximum atomic E-state index is 12.3. The summed E-state index contributed by atoms with van der Waals surface area (Å²) in [5.41, 5.74) is 2.62. The van der Waals surface area contributed by atoms with Crippen molar-refractivity contribution in [2.45, 2.75) is 32.1 Å². The average Bonchev–Trinajstić information content (AvgIpc) is 3.31. The predicted molar refractivity (Wildman–Crippen MR) is 119 cm³/mol. The second-order valence-corrected chi connectivity index (χ2v) is 7.37. The second kappa shape index (κ2) is 11.2. The summed E-state index contributed by atoms with van der Waals surface area (Å²) < 4.78 is 0. The van der Waals surface area contributed by atoms with Gasteiger partial charge in [-0.15, -0.1) is 0 Å². The van der Waals surface area contributed by atoms with Crippen LogP contribution in [-0.2, 0) is 4.79 Å². The highest BCUT2D eigenvalue weighted by atomic mass is 16.2. The third kappa shape index (κ3) is 6.34. The molecule has 0 aliphatic carbocycles. The number of aliphatic imine (C=N–C) groups is 1. The Morgan fingerprint density at radius 2 is 1.55 bits per heavy atom. The molecule has 3 rings (SSSR count). The van der Waals surface area contributed by atoms with E-state index in [1.807, 2.05) is 11.8 Å². The predicted octanol–water partition coefficient (Wildman–Crippen LogP) is 3.39. The second-order valence-electron chi connectivity index (χ2n) is 7.37. The van der Waals surface area contributed by atoms with Gasteiger partial charge in [-0.2, -0.15) is 0 Å². The van der Waals surface area contributed by atoms with Crippen LogP contribution in [0.5, 0.6) is 0 Å². The Kier molecular flexibility index (Phi) is 8.11. The Bertz CT molecular complexity index is 730. The molecule has 1 fully saturated rings. The van der Waals surface area contributed by atoms with Gasteiger partial charge in [-0.3, -0.25) is 4.79 Å². The molecular weight excluding hydrogens is 360 g/mol. The molecule has 0 radical (unpaired) electrons. The minimum Gasteiger partial charge on any atom is -0.357 e. The first-order chi connectivity index (χ1) is 14.3. The van der Waals surface area contributed by atoms with E-state index >= 15 is 0 Å². The summed E-state index contributed by atoms with van der Waals surface area (Å²) in [5, 5.41) is 6.65. The number of amides is 1. The molecule has 1 saturated heterocycles. The number of benzene rings is 2. The molecular formula is C24H32N4O. The fourth-order valence-electron chi connectivity index (χ4n) is 3.79. The lowest BCUT2D eigenvalue weighted by atomic mass is 9.88. The van der Waals surface area contributed by atoms with Gasteiger partial charge in [0.15, 0.2) is 5.96 Å². The molecule has 5 nitrogen and oxygen atoms in total. The largest absolute Gasteiger partial charge is 0.357 e. The zero-order valence-electron chi connectivity index (χ0n) is 17.3. The Balaban J connectivity index is 1.60. The van der Waals surface area contributed by atoms with E-state index in [4.69, 9.17) is 0 Å². The lowest BCUT2D eigenvalue weighted by Gasteiger charge is -2.20. The number of nitrogens with zero attached hydrogens (tertiary/aromatic N) is 2. The molecule has 154 valence electrons. The van der Waals surface area contributed by atoms with Crippen LogP contribution < -0.4 is 10.6 Å². The molecule has 1 amide bonds. The average molecular weight is 393 g/mol. The van der Waals surface area contributed by atoms with Crippen LogP contribution >= 0.6 is 0 Å². The first kappa shape index (κ1) is 20.9. The van der Waals surface area contributed by atoms with Gasteiger partial charge in [-0.25, -0.2) is 4.99 Å². The summed E-state index contributed by atoms with van der Waals surface area (Å²) in [7, 11) is 0. The van der Waals surface area contributed by atoms with Crippen LogP contribution in [0.15, 0.2) is 65.7 Å². The summed E-state index contributed by atoms with van der Waals surface area (Å²) in [4.78, 5) is 18.7. The van der Waals surface area contributed by atoms with Gasteiger partial charge in [-0.1, -0.05) is 60.7 Å². The summed E-state index contributed by atoms with van der Waals surface area (Å²) in [6.07, 6.45) is 3.15. The molecule has 29 heavy (non-hydrogen) atoms. The fraction of sp³-hybridized carbons (Fsp3) is 0.417. The number of likely N-dealkylation sites (tertiary alicyclic amines) is 1. The van der Waals surface area contributed by atoms with Crippen molar-refractivity contribution in [3.8, 4) is 0 Å². The molecule has 0 bridgehead atoms. The molecule has 1 heterocycles. The van der Waals surface area contributed by atoms with Gasteiger partial charge in [0, 0.05) is 32.1 Å². The fourth-order valence-corrected chi connectivity index (χ4v) is 3.79. The van der Waals surface area contributed by atoms with Gasteiger partial charge in [-0.05, 0) is 37.3 Å². The Morgan fingerprint density at radius 3 is 2.10 bits per heavy atom. The van der Waals surface area contributed by atoms with E-state index in [9.17, 15) is 4.79 Å². The maximum absolute atomic E-state index is 12.3. The van der Waals surface area contributed by atoms with Crippen molar-refractivity contribution in [1.29, 1.82) is 0 Å². The smallest absolute Gasteiger partial charge is 0.244 e. The molecule has 0 aromatic heterocycles.